The van der Waals surface area contributed by atoms with Crippen LogP contribution < -0.4 is 15.4 Å². The van der Waals surface area contributed by atoms with E-state index in [1.807, 2.05) is 42.5 Å². The number of rotatable bonds is 19. The summed E-state index contributed by atoms with van der Waals surface area (Å²) in [6.07, 6.45) is 2.13. The smallest absolute Gasteiger partial charge is 0.211 e. The van der Waals surface area contributed by atoms with Gasteiger partial charge in [-0.25, -0.2) is 0 Å². The second-order valence-corrected chi connectivity index (χ2v) is 12.8. The lowest BCUT2D eigenvalue weighted by Crippen LogP contribution is -2.38. The Hall–Kier alpha value is -4.37. The van der Waals surface area contributed by atoms with Gasteiger partial charge in [-0.2, -0.15) is 0 Å². The Morgan fingerprint density at radius 2 is 1.48 bits per heavy atom. The average molecular weight is 654 g/mol. The van der Waals surface area contributed by atoms with Crippen molar-refractivity contribution >= 4 is 12.1 Å². The van der Waals surface area contributed by atoms with Gasteiger partial charge in [-0.15, -0.1) is 0 Å². The first-order chi connectivity index (χ1) is 23.2. The van der Waals surface area contributed by atoms with E-state index in [1.165, 1.54) is 11.6 Å². The summed E-state index contributed by atoms with van der Waals surface area (Å²) in [5, 5.41) is 37.0. The van der Waals surface area contributed by atoms with Gasteiger partial charge in [0.25, 0.3) is 0 Å². The van der Waals surface area contributed by atoms with Crippen LogP contribution in [0.5, 0.6) is 17.2 Å². The molecule has 4 aromatic rings. The Morgan fingerprint density at radius 3 is 2.17 bits per heavy atom. The molecule has 0 aliphatic heterocycles. The van der Waals surface area contributed by atoms with E-state index in [4.69, 9.17) is 4.74 Å². The highest BCUT2D eigenvalue weighted by atomic mass is 16.5. The molecule has 0 bridgehead atoms. The minimum Gasteiger partial charge on any atom is -0.508 e. The fourth-order valence-corrected chi connectivity index (χ4v) is 6.18. The maximum absolute atomic E-state index is 11.0. The van der Waals surface area contributed by atoms with Gasteiger partial charge in [0, 0.05) is 36.5 Å². The van der Waals surface area contributed by atoms with Crippen LogP contribution in [0, 0.1) is 0 Å². The van der Waals surface area contributed by atoms with E-state index in [0.29, 0.717) is 49.5 Å². The summed E-state index contributed by atoms with van der Waals surface area (Å²) >= 11 is 0. The number of ether oxygens (including phenoxy) is 1. The molecule has 0 fully saturated rings. The molecule has 0 aliphatic carbocycles. The highest BCUT2D eigenvalue weighted by Crippen LogP contribution is 2.35. The van der Waals surface area contributed by atoms with Gasteiger partial charge in [0.05, 0.1) is 18.4 Å². The van der Waals surface area contributed by atoms with Gasteiger partial charge in [0.2, 0.25) is 6.41 Å². The summed E-state index contributed by atoms with van der Waals surface area (Å²) < 4.78 is 6.09. The summed E-state index contributed by atoms with van der Waals surface area (Å²) in [6.45, 7) is 11.4. The Labute approximate surface area is 285 Å². The van der Waals surface area contributed by atoms with Crippen molar-refractivity contribution in [2.75, 3.05) is 31.6 Å². The topological polar surface area (TPSA) is 114 Å². The van der Waals surface area contributed by atoms with Crippen LogP contribution in [0.2, 0.25) is 0 Å². The molecule has 5 N–H and O–H groups in total. The molecule has 0 aromatic heterocycles. The van der Waals surface area contributed by atoms with Crippen LogP contribution >= 0.6 is 0 Å². The molecule has 0 radical (unpaired) electrons. The second-order valence-electron chi connectivity index (χ2n) is 12.8. The van der Waals surface area contributed by atoms with Crippen LogP contribution in [0.1, 0.15) is 74.0 Å². The van der Waals surface area contributed by atoms with E-state index in [0.717, 1.165) is 48.2 Å². The van der Waals surface area contributed by atoms with Crippen LogP contribution in [0.15, 0.2) is 91.0 Å². The van der Waals surface area contributed by atoms with Gasteiger partial charge in [0.1, 0.15) is 17.2 Å². The Balaban J connectivity index is 1.28. The van der Waals surface area contributed by atoms with Crippen molar-refractivity contribution in [2.45, 2.75) is 71.1 Å². The first-order valence-corrected chi connectivity index (χ1v) is 16.9. The maximum atomic E-state index is 11.0. The maximum Gasteiger partial charge on any atom is 0.211 e. The third-order valence-electron chi connectivity index (χ3n) is 8.80. The normalized spacial score (nSPS) is 12.8. The van der Waals surface area contributed by atoms with Crippen molar-refractivity contribution in [3.63, 3.8) is 0 Å². The average Bonchev–Trinajstić information content (AvgIpc) is 3.07. The number of hydrogen-bond acceptors (Lipinski definition) is 7. The molecular weight excluding hydrogens is 602 g/mol. The van der Waals surface area contributed by atoms with Crippen LogP contribution in [-0.2, 0) is 17.6 Å². The zero-order valence-electron chi connectivity index (χ0n) is 28.6. The quantitative estimate of drug-likeness (QED) is 0.0430. The number of aliphatic hydroxyl groups is 1. The monoisotopic (exact) mass is 653 g/mol. The number of carbonyl (C=O) groups is 1. The minimum atomic E-state index is -0.775. The molecule has 2 unspecified atom stereocenters. The molecule has 4 aromatic carbocycles. The molecule has 0 saturated carbocycles. The van der Waals surface area contributed by atoms with E-state index >= 15 is 0 Å². The molecule has 8 nitrogen and oxygen atoms in total. The fourth-order valence-electron chi connectivity index (χ4n) is 6.18. The SMILES string of the molecule is CC(C)N(CCC(c1ccccc1)c1cc(CCOc2ccc(CCNCC(O)c3ccc(O)c(NC=O)c3)cc2)ccc1O)C(C)C. The number of phenolic OH excluding ortho intramolecular Hbond substituents is 2. The van der Waals surface area contributed by atoms with Crippen molar-refractivity contribution in [2.24, 2.45) is 0 Å². The van der Waals surface area contributed by atoms with Gasteiger partial charge in [-0.05, 0) is 106 Å². The predicted octanol–water partition coefficient (Wildman–Crippen LogP) is 6.79. The van der Waals surface area contributed by atoms with Gasteiger partial charge < -0.3 is 30.7 Å². The molecule has 48 heavy (non-hydrogen) atoms. The molecule has 8 heteroatoms. The zero-order valence-corrected chi connectivity index (χ0v) is 28.6. The third kappa shape index (κ3) is 10.6. The number of nitrogens with one attached hydrogen (secondary N) is 2. The highest BCUT2D eigenvalue weighted by molar-refractivity contribution is 5.75. The van der Waals surface area contributed by atoms with Crippen molar-refractivity contribution in [1.29, 1.82) is 0 Å². The molecule has 0 spiro atoms. The standard InChI is InChI=1S/C40H51N3O5/c1-28(2)43(29(3)4)22-19-35(32-8-6-5-7-9-32)36-24-31(12-16-38(36)45)20-23-48-34-14-10-30(11-15-34)18-21-41-26-40(47)33-13-17-39(46)37(25-33)42-27-44/h5-17,24-25,27-29,35,40-41,45-47H,18-23,26H2,1-4H3,(H,42,44). The lowest BCUT2D eigenvalue weighted by Gasteiger charge is -2.32. The Morgan fingerprint density at radius 1 is 0.792 bits per heavy atom. The number of hydrogen-bond donors (Lipinski definition) is 5. The van der Waals surface area contributed by atoms with Crippen molar-refractivity contribution in [3.8, 4) is 17.2 Å². The van der Waals surface area contributed by atoms with E-state index in [1.54, 1.807) is 12.1 Å². The van der Waals surface area contributed by atoms with Crippen LogP contribution in [-0.4, -0.2) is 65.0 Å². The molecule has 1 amide bonds. The van der Waals surface area contributed by atoms with Crippen molar-refractivity contribution in [1.82, 2.24) is 10.2 Å². The van der Waals surface area contributed by atoms with Gasteiger partial charge >= 0.3 is 0 Å². The summed E-state index contributed by atoms with van der Waals surface area (Å²) in [5.41, 5.74) is 5.31. The number of amides is 1. The third-order valence-corrected chi connectivity index (χ3v) is 8.80. The van der Waals surface area contributed by atoms with Crippen LogP contribution in [0.25, 0.3) is 0 Å². The summed E-state index contributed by atoms with van der Waals surface area (Å²) in [5.74, 6) is 1.17. The van der Waals surface area contributed by atoms with Crippen LogP contribution in [0.3, 0.4) is 0 Å². The van der Waals surface area contributed by atoms with Gasteiger partial charge in [-0.1, -0.05) is 60.7 Å². The van der Waals surface area contributed by atoms with Crippen LogP contribution in [0.4, 0.5) is 5.69 Å². The molecule has 4 rings (SSSR count). The highest BCUT2D eigenvalue weighted by Gasteiger charge is 2.22. The zero-order chi connectivity index (χ0) is 34.5. The lowest BCUT2D eigenvalue weighted by molar-refractivity contribution is -0.105. The Kier molecular flexibility index (Phi) is 13.9. The summed E-state index contributed by atoms with van der Waals surface area (Å²) in [4.78, 5) is 13.2. The second kappa shape index (κ2) is 18.2. The van der Waals surface area contributed by atoms with Crippen molar-refractivity contribution in [3.05, 3.63) is 119 Å². The number of nitrogens with zero attached hydrogens (tertiary/aromatic N) is 1. The van der Waals surface area contributed by atoms with Crippen molar-refractivity contribution < 1.29 is 24.9 Å². The number of benzene rings is 4. The van der Waals surface area contributed by atoms with E-state index in [2.05, 4.69) is 73.6 Å². The predicted molar refractivity (Wildman–Crippen MR) is 193 cm³/mol. The van der Waals surface area contributed by atoms with E-state index < -0.39 is 6.10 Å². The van der Waals surface area contributed by atoms with Gasteiger partial charge in [-0.3, -0.25) is 9.69 Å². The summed E-state index contributed by atoms with van der Waals surface area (Å²) in [6, 6.07) is 30.0. The lowest BCUT2D eigenvalue weighted by atomic mass is 9.86. The molecular formula is C40H51N3O5. The first-order valence-electron chi connectivity index (χ1n) is 16.9. The first kappa shape index (κ1) is 36.5. The number of carbonyl (C=O) groups excluding carboxylic acids is 1. The molecule has 2 atom stereocenters. The fraction of sp³-hybridized carbons (Fsp3) is 0.375. The van der Waals surface area contributed by atoms with E-state index in [-0.39, 0.29) is 17.4 Å². The molecule has 0 saturated heterocycles. The minimum absolute atomic E-state index is 0.0498. The van der Waals surface area contributed by atoms with Gasteiger partial charge in [0.15, 0.2) is 0 Å². The molecule has 0 aliphatic rings. The molecule has 0 heterocycles. The Bertz CT molecular complexity index is 1550. The van der Waals surface area contributed by atoms with E-state index in [9.17, 15) is 20.1 Å². The number of anilines is 1. The number of aromatic hydroxyl groups is 2. The summed E-state index contributed by atoms with van der Waals surface area (Å²) in [7, 11) is 0. The number of aliphatic hydroxyl groups excluding tert-OH is 1. The largest absolute Gasteiger partial charge is 0.508 e. The number of phenols is 2. The molecule has 256 valence electrons.